The normalized spacial score (nSPS) is 13.5. The Bertz CT molecular complexity index is 444. The van der Waals surface area contributed by atoms with E-state index in [4.69, 9.17) is 21.1 Å². The van der Waals surface area contributed by atoms with E-state index in [0.717, 1.165) is 0 Å². The van der Waals surface area contributed by atoms with Gasteiger partial charge in [-0.1, -0.05) is 11.6 Å². The molecule has 84 valence electrons. The first-order valence-corrected chi connectivity index (χ1v) is 5.07. The molecule has 0 amide bonds. The van der Waals surface area contributed by atoms with Crippen LogP contribution in [0.5, 0.6) is 11.5 Å². The van der Waals surface area contributed by atoms with Crippen molar-refractivity contribution in [2.45, 2.75) is 0 Å². The summed E-state index contributed by atoms with van der Waals surface area (Å²) in [6.45, 7) is 0. The molecule has 2 rings (SSSR count). The van der Waals surface area contributed by atoms with Crippen molar-refractivity contribution in [3.05, 3.63) is 47.5 Å². The smallest absolute Gasteiger partial charge is 0.211 e. The number of hydrazine groups is 1. The van der Waals surface area contributed by atoms with E-state index in [9.17, 15) is 0 Å². The topological polar surface area (TPSA) is 42.5 Å². The van der Waals surface area contributed by atoms with Gasteiger partial charge in [-0.05, 0) is 18.2 Å². The zero-order valence-electron chi connectivity index (χ0n) is 8.66. The molecule has 1 aromatic rings. The molecular formula is C11H11ClN2O2. The monoisotopic (exact) mass is 238 g/mol. The Morgan fingerprint density at radius 2 is 2.19 bits per heavy atom. The standard InChI is InChI=1S/C11H11ClN2O2/c1-15-8-4-5-10(9(12)7-8)16-11-3-2-6-13-14-11/h2-7,13-14H,1H3. The first-order chi connectivity index (χ1) is 7.79. The Hall–Kier alpha value is -1.81. The Morgan fingerprint density at radius 1 is 1.31 bits per heavy atom. The van der Waals surface area contributed by atoms with Crippen LogP contribution in [0.3, 0.4) is 0 Å². The summed E-state index contributed by atoms with van der Waals surface area (Å²) in [7, 11) is 1.59. The third-order valence-electron chi connectivity index (χ3n) is 1.98. The summed E-state index contributed by atoms with van der Waals surface area (Å²) in [5.74, 6) is 1.84. The van der Waals surface area contributed by atoms with Crippen LogP contribution in [0.25, 0.3) is 0 Å². The summed E-state index contributed by atoms with van der Waals surface area (Å²) in [5.41, 5.74) is 5.64. The third-order valence-corrected chi connectivity index (χ3v) is 2.28. The van der Waals surface area contributed by atoms with E-state index in [2.05, 4.69) is 10.9 Å². The number of halogens is 1. The number of nitrogens with one attached hydrogen (secondary N) is 2. The molecule has 0 aromatic heterocycles. The maximum absolute atomic E-state index is 6.03. The van der Waals surface area contributed by atoms with Crippen molar-refractivity contribution in [2.24, 2.45) is 0 Å². The highest BCUT2D eigenvalue weighted by molar-refractivity contribution is 6.32. The van der Waals surface area contributed by atoms with Gasteiger partial charge in [0.1, 0.15) is 11.5 Å². The molecule has 0 spiro atoms. The Kier molecular flexibility index (Phi) is 3.22. The minimum Gasteiger partial charge on any atom is -0.497 e. The van der Waals surface area contributed by atoms with Crippen LogP contribution in [-0.4, -0.2) is 7.11 Å². The molecule has 16 heavy (non-hydrogen) atoms. The van der Waals surface area contributed by atoms with E-state index in [0.29, 0.717) is 22.4 Å². The predicted molar refractivity (Wildman–Crippen MR) is 62.1 cm³/mol. The summed E-state index contributed by atoms with van der Waals surface area (Å²) >= 11 is 6.03. The van der Waals surface area contributed by atoms with Gasteiger partial charge in [-0.25, -0.2) is 0 Å². The van der Waals surface area contributed by atoms with Crippen LogP contribution < -0.4 is 20.3 Å². The summed E-state index contributed by atoms with van der Waals surface area (Å²) < 4.78 is 10.6. The fraction of sp³-hybridized carbons (Fsp3) is 0.0909. The molecule has 4 nitrogen and oxygen atoms in total. The first-order valence-electron chi connectivity index (χ1n) is 4.69. The van der Waals surface area contributed by atoms with E-state index in [1.165, 1.54) is 0 Å². The van der Waals surface area contributed by atoms with Gasteiger partial charge in [0, 0.05) is 18.3 Å². The van der Waals surface area contributed by atoms with Gasteiger partial charge in [-0.2, -0.15) is 0 Å². The lowest BCUT2D eigenvalue weighted by Crippen LogP contribution is -2.30. The molecular weight excluding hydrogens is 228 g/mol. The zero-order valence-corrected chi connectivity index (χ0v) is 9.41. The number of ether oxygens (including phenoxy) is 2. The third kappa shape index (κ3) is 2.41. The lowest BCUT2D eigenvalue weighted by Gasteiger charge is -2.15. The van der Waals surface area contributed by atoms with Crippen molar-refractivity contribution in [3.8, 4) is 11.5 Å². The molecule has 5 heteroatoms. The molecule has 1 aliphatic rings. The highest BCUT2D eigenvalue weighted by atomic mass is 35.5. The largest absolute Gasteiger partial charge is 0.497 e. The van der Waals surface area contributed by atoms with E-state index >= 15 is 0 Å². The van der Waals surface area contributed by atoms with Crippen LogP contribution in [0.4, 0.5) is 0 Å². The second-order valence-electron chi connectivity index (χ2n) is 3.06. The SMILES string of the molecule is COc1ccc(OC2=CC=CNN2)c(Cl)c1. The van der Waals surface area contributed by atoms with Crippen LogP contribution in [-0.2, 0) is 0 Å². The highest BCUT2D eigenvalue weighted by Gasteiger charge is 2.06. The van der Waals surface area contributed by atoms with Gasteiger partial charge < -0.3 is 14.9 Å². The van der Waals surface area contributed by atoms with Crippen LogP contribution in [0, 0.1) is 0 Å². The van der Waals surface area contributed by atoms with Crippen molar-refractivity contribution in [3.63, 3.8) is 0 Å². The van der Waals surface area contributed by atoms with Gasteiger partial charge in [0.15, 0.2) is 0 Å². The number of rotatable bonds is 3. The van der Waals surface area contributed by atoms with Crippen LogP contribution in [0.15, 0.2) is 42.4 Å². The van der Waals surface area contributed by atoms with Crippen LogP contribution >= 0.6 is 11.6 Å². The first kappa shape index (κ1) is 10.7. The number of hydrogen-bond acceptors (Lipinski definition) is 4. The molecule has 0 atom stereocenters. The Labute approximate surface area is 98.5 Å². The molecule has 2 N–H and O–H groups in total. The molecule has 1 aromatic carbocycles. The predicted octanol–water partition coefficient (Wildman–Crippen LogP) is 2.19. The Morgan fingerprint density at radius 3 is 2.81 bits per heavy atom. The number of benzene rings is 1. The summed E-state index contributed by atoms with van der Waals surface area (Å²) in [5, 5.41) is 0.497. The molecule has 0 radical (unpaired) electrons. The second-order valence-corrected chi connectivity index (χ2v) is 3.46. The molecule has 0 aliphatic carbocycles. The fourth-order valence-electron chi connectivity index (χ4n) is 1.21. The van der Waals surface area contributed by atoms with E-state index in [1.807, 2.05) is 6.08 Å². The maximum atomic E-state index is 6.03. The van der Waals surface area contributed by atoms with E-state index in [1.54, 1.807) is 37.6 Å². The maximum Gasteiger partial charge on any atom is 0.211 e. The number of methoxy groups -OCH3 is 1. The second kappa shape index (κ2) is 4.81. The highest BCUT2D eigenvalue weighted by Crippen LogP contribution is 2.29. The zero-order chi connectivity index (χ0) is 11.4. The lowest BCUT2D eigenvalue weighted by molar-refractivity contribution is 0.363. The van der Waals surface area contributed by atoms with Gasteiger partial charge in [0.25, 0.3) is 0 Å². The van der Waals surface area contributed by atoms with Crippen molar-refractivity contribution in [1.29, 1.82) is 0 Å². The van der Waals surface area contributed by atoms with Crippen molar-refractivity contribution < 1.29 is 9.47 Å². The van der Waals surface area contributed by atoms with Crippen LogP contribution in [0.1, 0.15) is 0 Å². The molecule has 0 bridgehead atoms. The summed E-state index contributed by atoms with van der Waals surface area (Å²) in [6, 6.07) is 5.24. The minimum atomic E-state index is 0.497. The molecule has 1 heterocycles. The Balaban J connectivity index is 2.15. The minimum absolute atomic E-state index is 0.497. The molecule has 0 saturated carbocycles. The number of allylic oxidation sites excluding steroid dienone is 2. The van der Waals surface area contributed by atoms with Gasteiger partial charge >= 0.3 is 0 Å². The fourth-order valence-corrected chi connectivity index (χ4v) is 1.42. The summed E-state index contributed by atoms with van der Waals surface area (Å²) in [6.07, 6.45) is 5.36. The van der Waals surface area contributed by atoms with Crippen molar-refractivity contribution in [2.75, 3.05) is 7.11 Å². The molecule has 0 unspecified atom stereocenters. The average molecular weight is 239 g/mol. The quantitative estimate of drug-likeness (QED) is 0.847. The van der Waals surface area contributed by atoms with E-state index in [-0.39, 0.29) is 0 Å². The number of hydrogen-bond donors (Lipinski definition) is 2. The van der Waals surface area contributed by atoms with Crippen molar-refractivity contribution >= 4 is 11.6 Å². The van der Waals surface area contributed by atoms with Crippen LogP contribution in [0.2, 0.25) is 5.02 Å². The average Bonchev–Trinajstić information content (AvgIpc) is 2.33. The van der Waals surface area contributed by atoms with Gasteiger partial charge in [0.05, 0.1) is 12.1 Å². The van der Waals surface area contributed by atoms with Gasteiger partial charge in [-0.15, -0.1) is 0 Å². The summed E-state index contributed by atoms with van der Waals surface area (Å²) in [4.78, 5) is 0. The van der Waals surface area contributed by atoms with Gasteiger partial charge in [-0.3, -0.25) is 5.43 Å². The molecule has 1 aliphatic heterocycles. The van der Waals surface area contributed by atoms with Gasteiger partial charge in [0.2, 0.25) is 5.88 Å². The molecule has 0 fully saturated rings. The van der Waals surface area contributed by atoms with E-state index < -0.39 is 0 Å². The molecule has 0 saturated heterocycles. The van der Waals surface area contributed by atoms with Crippen molar-refractivity contribution in [1.82, 2.24) is 10.9 Å². The lowest BCUT2D eigenvalue weighted by atomic mass is 10.3.